The van der Waals surface area contributed by atoms with Gasteiger partial charge in [-0.2, -0.15) is 13.2 Å². The summed E-state index contributed by atoms with van der Waals surface area (Å²) >= 11 is 0. The molecule has 1 N–H and O–H groups in total. The molecule has 0 heterocycles. The molecule has 0 aromatic carbocycles. The highest BCUT2D eigenvalue weighted by Gasteiger charge is 2.35. The highest BCUT2D eigenvalue weighted by Crippen LogP contribution is 2.21. The first-order valence-electron chi connectivity index (χ1n) is 5.61. The van der Waals surface area contributed by atoms with E-state index in [4.69, 9.17) is 4.74 Å². The second kappa shape index (κ2) is 6.56. The van der Waals surface area contributed by atoms with Crippen LogP contribution in [0.3, 0.4) is 0 Å². The summed E-state index contributed by atoms with van der Waals surface area (Å²) in [4.78, 5) is 11.5. The van der Waals surface area contributed by atoms with E-state index in [0.717, 1.165) is 0 Å². The molecule has 19 heavy (non-hydrogen) atoms. The Kier molecular flexibility index (Phi) is 6.27. The largest absolute Gasteiger partial charge is 0.464 e. The molecule has 0 aliphatic carbocycles. The first-order valence-corrected chi connectivity index (χ1v) is 7.26. The Balaban J connectivity index is 4.10. The summed E-state index contributed by atoms with van der Waals surface area (Å²) < 4.78 is 64.1. The highest BCUT2D eigenvalue weighted by molar-refractivity contribution is 7.89. The predicted octanol–water partition coefficient (Wildman–Crippen LogP) is 1.45. The number of carbonyl (C=O) groups excluding carboxylic acids is 1. The van der Waals surface area contributed by atoms with Gasteiger partial charge in [0.25, 0.3) is 0 Å². The van der Waals surface area contributed by atoms with Crippen LogP contribution in [-0.4, -0.2) is 39.5 Å². The third-order valence-corrected chi connectivity index (χ3v) is 3.80. The van der Waals surface area contributed by atoms with Crippen molar-refractivity contribution >= 4 is 16.0 Å². The number of esters is 1. The van der Waals surface area contributed by atoms with E-state index in [1.807, 2.05) is 0 Å². The van der Waals surface area contributed by atoms with Crippen LogP contribution in [0.2, 0.25) is 0 Å². The number of sulfonamides is 1. The Morgan fingerprint density at radius 3 is 2.21 bits per heavy atom. The van der Waals surface area contributed by atoms with Crippen LogP contribution in [-0.2, 0) is 19.6 Å². The van der Waals surface area contributed by atoms with E-state index in [0.29, 0.717) is 6.42 Å². The van der Waals surface area contributed by atoms with E-state index in [-0.39, 0.29) is 13.2 Å². The smallest absolute Gasteiger partial charge is 0.404 e. The van der Waals surface area contributed by atoms with E-state index in [1.54, 1.807) is 25.5 Å². The molecule has 0 spiro atoms. The molecular formula is C10H18F3NO4S. The summed E-state index contributed by atoms with van der Waals surface area (Å²) in [5.41, 5.74) is -0.704. The highest BCUT2D eigenvalue weighted by atomic mass is 32.2. The van der Waals surface area contributed by atoms with E-state index < -0.39 is 33.3 Å². The first-order chi connectivity index (χ1) is 8.40. The maximum atomic E-state index is 11.9. The van der Waals surface area contributed by atoms with Gasteiger partial charge in [0.2, 0.25) is 10.0 Å². The Labute approximate surface area is 110 Å². The normalized spacial score (nSPS) is 13.4. The number of halogens is 3. The molecule has 5 nitrogen and oxygen atoms in total. The van der Waals surface area contributed by atoms with Crippen molar-refractivity contribution in [1.29, 1.82) is 0 Å². The Hall–Kier alpha value is -0.830. The summed E-state index contributed by atoms with van der Waals surface area (Å²) in [6, 6.07) is 0. The lowest BCUT2D eigenvalue weighted by Crippen LogP contribution is -2.36. The second-order valence-electron chi connectivity index (χ2n) is 4.64. The maximum absolute atomic E-state index is 11.9. The molecule has 0 aromatic heterocycles. The van der Waals surface area contributed by atoms with E-state index in [9.17, 15) is 26.4 Å². The van der Waals surface area contributed by atoms with Gasteiger partial charge in [-0.05, 0) is 20.3 Å². The SMILES string of the molecule is CCC(C)(C)C(=O)OCCNS(=O)(=O)CC(F)(F)F. The van der Waals surface area contributed by atoms with Gasteiger partial charge < -0.3 is 4.74 Å². The van der Waals surface area contributed by atoms with Crippen LogP contribution in [0.1, 0.15) is 27.2 Å². The Bertz CT molecular complexity index is 403. The first kappa shape index (κ1) is 18.2. The van der Waals surface area contributed by atoms with E-state index in [2.05, 4.69) is 0 Å². The van der Waals surface area contributed by atoms with Crippen molar-refractivity contribution in [2.75, 3.05) is 18.9 Å². The van der Waals surface area contributed by atoms with Gasteiger partial charge in [0.1, 0.15) is 6.61 Å². The number of alkyl halides is 3. The summed E-state index contributed by atoms with van der Waals surface area (Å²) in [5, 5.41) is 0. The molecule has 0 aliphatic rings. The van der Waals surface area contributed by atoms with Crippen molar-refractivity contribution in [2.45, 2.75) is 33.4 Å². The molecule has 0 aromatic rings. The number of hydrogen-bond acceptors (Lipinski definition) is 4. The zero-order valence-corrected chi connectivity index (χ0v) is 11.8. The van der Waals surface area contributed by atoms with Crippen LogP contribution in [0.5, 0.6) is 0 Å². The molecular weight excluding hydrogens is 287 g/mol. The van der Waals surface area contributed by atoms with Crippen molar-refractivity contribution < 1.29 is 31.1 Å². The molecule has 0 unspecified atom stereocenters. The lowest BCUT2D eigenvalue weighted by molar-refractivity contribution is -0.153. The number of hydrogen-bond donors (Lipinski definition) is 1. The van der Waals surface area contributed by atoms with Gasteiger partial charge in [-0.25, -0.2) is 13.1 Å². The minimum atomic E-state index is -4.80. The third-order valence-electron chi connectivity index (χ3n) is 2.45. The molecule has 9 heteroatoms. The average Bonchev–Trinajstić information content (AvgIpc) is 2.20. The van der Waals surface area contributed by atoms with Crippen LogP contribution < -0.4 is 4.72 Å². The standard InChI is InChI=1S/C10H18F3NO4S/c1-4-9(2,3)8(15)18-6-5-14-19(16,17)7-10(11,12)13/h14H,4-7H2,1-3H3. The third kappa shape index (κ3) is 8.04. The fraction of sp³-hybridized carbons (Fsp3) is 0.900. The molecule has 114 valence electrons. The monoisotopic (exact) mass is 305 g/mol. The lowest BCUT2D eigenvalue weighted by atomic mass is 9.91. The number of rotatable bonds is 7. The number of carbonyl (C=O) groups is 1. The molecule has 0 radical (unpaired) electrons. The van der Waals surface area contributed by atoms with Crippen molar-refractivity contribution in [2.24, 2.45) is 5.41 Å². The van der Waals surface area contributed by atoms with Crippen molar-refractivity contribution in [3.8, 4) is 0 Å². The minimum Gasteiger partial charge on any atom is -0.464 e. The van der Waals surface area contributed by atoms with Crippen LogP contribution in [0.15, 0.2) is 0 Å². The predicted molar refractivity (Wildman–Crippen MR) is 62.9 cm³/mol. The average molecular weight is 305 g/mol. The molecule has 0 bridgehead atoms. The fourth-order valence-corrected chi connectivity index (χ4v) is 1.87. The van der Waals surface area contributed by atoms with Gasteiger partial charge >= 0.3 is 12.1 Å². The van der Waals surface area contributed by atoms with Gasteiger partial charge in [0.15, 0.2) is 5.75 Å². The summed E-state index contributed by atoms with van der Waals surface area (Å²) in [5.74, 6) is -2.47. The quantitative estimate of drug-likeness (QED) is 0.571. The van der Waals surface area contributed by atoms with E-state index in [1.165, 1.54) is 0 Å². The molecule has 0 aliphatic heterocycles. The molecule has 0 fully saturated rings. The maximum Gasteiger partial charge on any atom is 0.404 e. The Morgan fingerprint density at radius 1 is 1.26 bits per heavy atom. The van der Waals surface area contributed by atoms with E-state index >= 15 is 0 Å². The van der Waals surface area contributed by atoms with Crippen LogP contribution in [0.4, 0.5) is 13.2 Å². The van der Waals surface area contributed by atoms with Crippen molar-refractivity contribution in [1.82, 2.24) is 4.72 Å². The van der Waals surface area contributed by atoms with Crippen LogP contribution >= 0.6 is 0 Å². The molecule has 0 rings (SSSR count). The lowest BCUT2D eigenvalue weighted by Gasteiger charge is -2.20. The fourth-order valence-electron chi connectivity index (χ4n) is 0.947. The molecule has 0 amide bonds. The Morgan fingerprint density at radius 2 is 1.79 bits per heavy atom. The van der Waals surface area contributed by atoms with Crippen molar-refractivity contribution in [3.63, 3.8) is 0 Å². The topological polar surface area (TPSA) is 72.5 Å². The van der Waals surface area contributed by atoms with Crippen LogP contribution in [0, 0.1) is 5.41 Å². The zero-order chi connectivity index (χ0) is 15.3. The van der Waals surface area contributed by atoms with Gasteiger partial charge in [-0.15, -0.1) is 0 Å². The summed E-state index contributed by atoms with van der Waals surface area (Å²) in [6.07, 6.45) is -4.27. The second-order valence-corrected chi connectivity index (χ2v) is 6.45. The van der Waals surface area contributed by atoms with Gasteiger partial charge in [-0.3, -0.25) is 4.79 Å². The molecule has 0 saturated heterocycles. The van der Waals surface area contributed by atoms with Gasteiger partial charge in [0, 0.05) is 6.54 Å². The number of ether oxygens (including phenoxy) is 1. The number of nitrogens with one attached hydrogen (secondary N) is 1. The van der Waals surface area contributed by atoms with Gasteiger partial charge in [-0.1, -0.05) is 6.92 Å². The zero-order valence-electron chi connectivity index (χ0n) is 11.0. The molecule has 0 saturated carbocycles. The van der Waals surface area contributed by atoms with Gasteiger partial charge in [0.05, 0.1) is 5.41 Å². The van der Waals surface area contributed by atoms with Crippen LogP contribution in [0.25, 0.3) is 0 Å². The molecule has 0 atom stereocenters. The minimum absolute atomic E-state index is 0.306. The summed E-state index contributed by atoms with van der Waals surface area (Å²) in [6.45, 7) is 4.41. The van der Waals surface area contributed by atoms with Crippen molar-refractivity contribution in [3.05, 3.63) is 0 Å². The summed E-state index contributed by atoms with van der Waals surface area (Å²) in [7, 11) is -4.44.